The molecular weight excluding hydrogens is 354 g/mol. The standard InChI is InChI=1S/C22H23N3O3/c26-21(14-25-19-12-6-7-13-20(19)28-15-22(25)27)24-23-18-11-5-4-10-17(18)16-8-2-1-3-9-16/h1-3,6-9,12-13,17H,4-5,10-11,14-15H2,(H,24,26)/t17-/m0/s1. The quantitative estimate of drug-likeness (QED) is 0.832. The fourth-order valence-corrected chi connectivity index (χ4v) is 3.81. The Morgan fingerprint density at radius 3 is 2.75 bits per heavy atom. The van der Waals surface area contributed by atoms with E-state index in [2.05, 4.69) is 22.7 Å². The maximum atomic E-state index is 12.5. The maximum Gasteiger partial charge on any atom is 0.265 e. The van der Waals surface area contributed by atoms with Gasteiger partial charge in [0, 0.05) is 11.6 Å². The number of nitrogens with one attached hydrogen (secondary N) is 1. The molecule has 144 valence electrons. The van der Waals surface area contributed by atoms with E-state index in [0.717, 1.165) is 31.4 Å². The van der Waals surface area contributed by atoms with Gasteiger partial charge in [0.05, 0.1) is 5.69 Å². The molecule has 0 radical (unpaired) electrons. The van der Waals surface area contributed by atoms with Crippen LogP contribution in [0.4, 0.5) is 5.69 Å². The van der Waals surface area contributed by atoms with Crippen molar-refractivity contribution < 1.29 is 14.3 Å². The third-order valence-corrected chi connectivity index (χ3v) is 5.21. The van der Waals surface area contributed by atoms with Crippen LogP contribution in [-0.4, -0.2) is 30.7 Å². The molecule has 0 spiro atoms. The molecule has 0 aromatic heterocycles. The van der Waals surface area contributed by atoms with Gasteiger partial charge in [-0.15, -0.1) is 0 Å². The minimum Gasteiger partial charge on any atom is -0.482 e. The first-order valence-electron chi connectivity index (χ1n) is 9.65. The SMILES string of the molecule is O=C(CN1C(=O)COc2ccccc21)NN=C1CCCC[C@H]1c1ccccc1. The molecule has 6 heteroatoms. The second-order valence-electron chi connectivity index (χ2n) is 7.08. The van der Waals surface area contributed by atoms with E-state index in [9.17, 15) is 9.59 Å². The third kappa shape index (κ3) is 3.91. The van der Waals surface area contributed by atoms with Crippen LogP contribution in [0.5, 0.6) is 5.75 Å². The number of para-hydroxylation sites is 2. The van der Waals surface area contributed by atoms with E-state index < -0.39 is 0 Å². The zero-order chi connectivity index (χ0) is 19.3. The number of hydrazone groups is 1. The number of fused-ring (bicyclic) bond motifs is 1. The van der Waals surface area contributed by atoms with E-state index in [-0.39, 0.29) is 30.9 Å². The summed E-state index contributed by atoms with van der Waals surface area (Å²) in [4.78, 5) is 26.2. The molecule has 6 nitrogen and oxygen atoms in total. The van der Waals surface area contributed by atoms with Crippen molar-refractivity contribution in [2.24, 2.45) is 5.10 Å². The molecule has 4 rings (SSSR count). The number of benzene rings is 2. The van der Waals surface area contributed by atoms with Gasteiger partial charge in [0.2, 0.25) is 0 Å². The first-order valence-corrected chi connectivity index (χ1v) is 9.65. The molecule has 28 heavy (non-hydrogen) atoms. The van der Waals surface area contributed by atoms with Crippen molar-refractivity contribution >= 4 is 23.2 Å². The van der Waals surface area contributed by atoms with Gasteiger partial charge in [-0.25, -0.2) is 5.43 Å². The molecule has 2 aliphatic rings. The Kier molecular flexibility index (Phi) is 5.37. The summed E-state index contributed by atoms with van der Waals surface area (Å²) in [6.07, 6.45) is 4.14. The van der Waals surface area contributed by atoms with E-state index in [1.54, 1.807) is 12.1 Å². The number of amides is 2. The molecule has 1 aliphatic carbocycles. The predicted octanol–water partition coefficient (Wildman–Crippen LogP) is 3.24. The Morgan fingerprint density at radius 1 is 1.11 bits per heavy atom. The second kappa shape index (κ2) is 8.25. The lowest BCUT2D eigenvalue weighted by molar-refractivity contribution is -0.125. The van der Waals surface area contributed by atoms with Crippen molar-refractivity contribution in [2.45, 2.75) is 31.6 Å². The Balaban J connectivity index is 1.45. The summed E-state index contributed by atoms with van der Waals surface area (Å²) >= 11 is 0. The largest absolute Gasteiger partial charge is 0.482 e. The van der Waals surface area contributed by atoms with E-state index >= 15 is 0 Å². The molecule has 1 N–H and O–H groups in total. The topological polar surface area (TPSA) is 71.0 Å². The van der Waals surface area contributed by atoms with Gasteiger partial charge in [-0.2, -0.15) is 5.10 Å². The molecule has 1 heterocycles. The van der Waals surface area contributed by atoms with E-state index in [0.29, 0.717) is 11.4 Å². The van der Waals surface area contributed by atoms with Gasteiger partial charge in [-0.3, -0.25) is 14.5 Å². The highest BCUT2D eigenvalue weighted by Crippen LogP contribution is 2.32. The zero-order valence-electron chi connectivity index (χ0n) is 15.6. The monoisotopic (exact) mass is 377 g/mol. The van der Waals surface area contributed by atoms with Crippen LogP contribution in [0.3, 0.4) is 0 Å². The Morgan fingerprint density at radius 2 is 1.89 bits per heavy atom. The highest BCUT2D eigenvalue weighted by molar-refractivity contribution is 6.02. The molecule has 2 aromatic rings. The van der Waals surface area contributed by atoms with Crippen LogP contribution in [0.1, 0.15) is 37.2 Å². The molecule has 0 saturated heterocycles. The Hall–Kier alpha value is -3.15. The predicted molar refractivity (Wildman–Crippen MR) is 108 cm³/mol. The average Bonchev–Trinajstić information content (AvgIpc) is 2.75. The van der Waals surface area contributed by atoms with E-state index in [1.807, 2.05) is 30.3 Å². The minimum atomic E-state index is -0.310. The normalized spacial score (nSPS) is 20.4. The van der Waals surface area contributed by atoms with Gasteiger partial charge < -0.3 is 4.74 Å². The first-order chi connectivity index (χ1) is 13.7. The summed E-state index contributed by atoms with van der Waals surface area (Å²) in [6.45, 7) is -0.138. The fraction of sp³-hybridized carbons (Fsp3) is 0.318. The van der Waals surface area contributed by atoms with Crippen LogP contribution >= 0.6 is 0 Å². The number of rotatable bonds is 4. The summed E-state index contributed by atoms with van der Waals surface area (Å²) in [6, 6.07) is 17.5. The lowest BCUT2D eigenvalue weighted by Gasteiger charge is -2.28. The van der Waals surface area contributed by atoms with Gasteiger partial charge in [-0.05, 0) is 37.0 Å². The summed E-state index contributed by atoms with van der Waals surface area (Å²) in [5, 5.41) is 4.44. The average molecular weight is 377 g/mol. The van der Waals surface area contributed by atoms with Crippen molar-refractivity contribution in [2.75, 3.05) is 18.1 Å². The van der Waals surface area contributed by atoms with Gasteiger partial charge in [-0.1, -0.05) is 48.9 Å². The van der Waals surface area contributed by atoms with Gasteiger partial charge >= 0.3 is 0 Å². The van der Waals surface area contributed by atoms with Crippen molar-refractivity contribution in [3.63, 3.8) is 0 Å². The summed E-state index contributed by atoms with van der Waals surface area (Å²) in [5.41, 5.74) is 5.51. The van der Waals surface area contributed by atoms with Crippen LogP contribution < -0.4 is 15.1 Å². The highest BCUT2D eigenvalue weighted by Gasteiger charge is 2.27. The first kappa shape index (κ1) is 18.2. The molecule has 1 atom stereocenters. The molecule has 0 bridgehead atoms. The number of hydrogen-bond donors (Lipinski definition) is 1. The third-order valence-electron chi connectivity index (χ3n) is 5.21. The van der Waals surface area contributed by atoms with Crippen molar-refractivity contribution in [3.05, 3.63) is 60.2 Å². The Bertz CT molecular complexity index is 895. The number of hydrogen-bond acceptors (Lipinski definition) is 4. The number of carbonyl (C=O) groups is 2. The van der Waals surface area contributed by atoms with Crippen molar-refractivity contribution in [3.8, 4) is 5.75 Å². The molecule has 2 amide bonds. The molecule has 0 unspecified atom stereocenters. The highest BCUT2D eigenvalue weighted by atomic mass is 16.5. The molecule has 2 aromatic carbocycles. The van der Waals surface area contributed by atoms with Crippen LogP contribution in [0.15, 0.2) is 59.7 Å². The van der Waals surface area contributed by atoms with Crippen LogP contribution in [-0.2, 0) is 9.59 Å². The summed E-state index contributed by atoms with van der Waals surface area (Å²) < 4.78 is 5.42. The zero-order valence-corrected chi connectivity index (χ0v) is 15.6. The van der Waals surface area contributed by atoms with Crippen LogP contribution in [0, 0.1) is 0 Å². The number of carbonyl (C=O) groups excluding carboxylic acids is 2. The Labute approximate surface area is 164 Å². The second-order valence-corrected chi connectivity index (χ2v) is 7.08. The summed E-state index contributed by atoms with van der Waals surface area (Å²) in [7, 11) is 0. The van der Waals surface area contributed by atoms with Crippen LogP contribution in [0.25, 0.3) is 0 Å². The maximum absolute atomic E-state index is 12.5. The lowest BCUT2D eigenvalue weighted by Crippen LogP contribution is -2.44. The smallest absolute Gasteiger partial charge is 0.265 e. The lowest BCUT2D eigenvalue weighted by atomic mass is 9.82. The molecule has 1 aliphatic heterocycles. The van der Waals surface area contributed by atoms with Gasteiger partial charge in [0.25, 0.3) is 11.8 Å². The van der Waals surface area contributed by atoms with Crippen molar-refractivity contribution in [1.29, 1.82) is 0 Å². The van der Waals surface area contributed by atoms with Gasteiger partial charge in [0.1, 0.15) is 12.3 Å². The van der Waals surface area contributed by atoms with Crippen molar-refractivity contribution in [1.82, 2.24) is 5.43 Å². The molecular formula is C22H23N3O3. The fourth-order valence-electron chi connectivity index (χ4n) is 3.81. The van der Waals surface area contributed by atoms with Gasteiger partial charge in [0.15, 0.2) is 6.61 Å². The van der Waals surface area contributed by atoms with E-state index in [1.165, 1.54) is 10.5 Å². The minimum absolute atomic E-state index is 0.0606. The van der Waals surface area contributed by atoms with E-state index in [4.69, 9.17) is 4.74 Å². The van der Waals surface area contributed by atoms with Crippen LogP contribution in [0.2, 0.25) is 0 Å². The number of ether oxygens (including phenoxy) is 1. The number of nitrogens with zero attached hydrogens (tertiary/aromatic N) is 2. The number of anilines is 1. The molecule has 1 saturated carbocycles. The summed E-state index contributed by atoms with van der Waals surface area (Å²) in [5.74, 6) is 0.301. The molecule has 1 fully saturated rings.